The van der Waals surface area contributed by atoms with Gasteiger partial charge in [-0.15, -0.1) is 0 Å². The number of carbonyl (C=O) groups is 2. The van der Waals surface area contributed by atoms with Gasteiger partial charge < -0.3 is 10.6 Å². The predicted octanol–water partition coefficient (Wildman–Crippen LogP) is 6.79. The van der Waals surface area contributed by atoms with Crippen molar-refractivity contribution in [1.29, 1.82) is 0 Å². The summed E-state index contributed by atoms with van der Waals surface area (Å²) in [6.07, 6.45) is 13.2. The summed E-state index contributed by atoms with van der Waals surface area (Å²) >= 11 is 0. The van der Waals surface area contributed by atoms with Gasteiger partial charge in [-0.05, 0) is 70.5 Å². The maximum Gasteiger partial charge on any atom is 0.291 e. The minimum Gasteiger partial charge on any atom is -0.349 e. The molecule has 0 atom stereocenters. The second-order valence-corrected chi connectivity index (χ2v) is 12.4. The second kappa shape index (κ2) is 16.6. The van der Waals surface area contributed by atoms with E-state index in [-0.39, 0.29) is 45.2 Å². The summed E-state index contributed by atoms with van der Waals surface area (Å²) in [4.78, 5) is 67.4. The van der Waals surface area contributed by atoms with E-state index in [4.69, 9.17) is 0 Å². The van der Waals surface area contributed by atoms with Crippen molar-refractivity contribution in [2.45, 2.75) is 47.7 Å². The molecule has 14 heteroatoms. The summed E-state index contributed by atoms with van der Waals surface area (Å²) in [5, 5.41) is 17.0. The number of anilines is 4. The maximum absolute atomic E-state index is 13.1. The van der Waals surface area contributed by atoms with Crippen LogP contribution in [-0.2, 0) is 13.1 Å². The number of pyridine rings is 4. The molecule has 0 amide bonds. The van der Waals surface area contributed by atoms with Gasteiger partial charge in [0.2, 0.25) is 0 Å². The highest BCUT2D eigenvalue weighted by molar-refractivity contribution is 6.07. The second-order valence-electron chi connectivity index (χ2n) is 12.4. The van der Waals surface area contributed by atoms with Crippen LogP contribution in [0, 0.1) is 6.92 Å². The van der Waals surface area contributed by atoms with Crippen LogP contribution >= 0.6 is 0 Å². The van der Waals surface area contributed by atoms with Crippen molar-refractivity contribution in [1.82, 2.24) is 39.5 Å². The van der Waals surface area contributed by atoms with Gasteiger partial charge in [0.15, 0.2) is 11.6 Å². The van der Waals surface area contributed by atoms with E-state index in [0.717, 1.165) is 21.9 Å². The first kappa shape index (κ1) is 37.5. The van der Waals surface area contributed by atoms with E-state index in [0.29, 0.717) is 41.4 Å². The zero-order valence-electron chi connectivity index (χ0n) is 30.9. The number of nitrogens with zero attached hydrogens (tertiary/aromatic N) is 8. The van der Waals surface area contributed by atoms with Crippen LogP contribution in [0.4, 0.5) is 22.7 Å². The van der Waals surface area contributed by atoms with E-state index in [1.165, 1.54) is 23.2 Å². The minimum atomic E-state index is -0.358. The van der Waals surface area contributed by atoms with Gasteiger partial charge in [-0.3, -0.25) is 39.1 Å². The summed E-state index contributed by atoms with van der Waals surface area (Å²) < 4.78 is 2.69. The Morgan fingerprint density at radius 1 is 0.600 bits per heavy atom. The molecule has 276 valence electrons. The van der Waals surface area contributed by atoms with Crippen molar-refractivity contribution < 1.29 is 9.59 Å². The molecular formula is C41H38N10O4. The largest absolute Gasteiger partial charge is 0.349 e. The highest BCUT2D eigenvalue weighted by Crippen LogP contribution is 2.31. The third kappa shape index (κ3) is 7.93. The van der Waals surface area contributed by atoms with Crippen LogP contribution in [-0.4, -0.2) is 51.1 Å². The van der Waals surface area contributed by atoms with Crippen LogP contribution in [0.15, 0.2) is 114 Å². The third-order valence-corrected chi connectivity index (χ3v) is 8.75. The predicted molar refractivity (Wildman–Crippen MR) is 212 cm³/mol. The zero-order chi connectivity index (χ0) is 39.1. The molecule has 0 saturated heterocycles. The van der Waals surface area contributed by atoms with Gasteiger partial charge >= 0.3 is 0 Å². The molecule has 6 heterocycles. The first-order valence-electron chi connectivity index (χ1n) is 17.5. The van der Waals surface area contributed by atoms with Crippen LogP contribution in [0.25, 0.3) is 33.3 Å². The number of fused-ring (bicyclic) bond motifs is 1. The fourth-order valence-corrected chi connectivity index (χ4v) is 5.99. The SMILES string of the molecule is CCn1nc(-c2ccncc2)c(C(C)=O)c(Nc2cncc3ccccc23)c1=O.CCn1nc(-c2ccncc2)c(C(C)=O)c(Nc2cnccc2C)c1=O. The van der Waals surface area contributed by atoms with Crippen molar-refractivity contribution in [3.8, 4) is 22.5 Å². The Morgan fingerprint density at radius 2 is 1.07 bits per heavy atom. The Kier molecular flexibility index (Phi) is 11.3. The lowest BCUT2D eigenvalue weighted by molar-refractivity contribution is 0.101. The molecule has 7 aromatic rings. The molecule has 0 aliphatic rings. The topological polar surface area (TPSA) is 180 Å². The quantitative estimate of drug-likeness (QED) is 0.141. The summed E-state index contributed by atoms with van der Waals surface area (Å²) in [6.45, 7) is 9.19. The van der Waals surface area contributed by atoms with Crippen molar-refractivity contribution in [3.05, 3.63) is 142 Å². The van der Waals surface area contributed by atoms with E-state index in [1.807, 2.05) is 51.1 Å². The number of nitrogens with one attached hydrogen (secondary N) is 2. The van der Waals surface area contributed by atoms with Crippen molar-refractivity contribution in [2.75, 3.05) is 10.6 Å². The highest BCUT2D eigenvalue weighted by atomic mass is 16.1. The zero-order valence-corrected chi connectivity index (χ0v) is 30.9. The molecule has 2 N–H and O–H groups in total. The van der Waals surface area contributed by atoms with Gasteiger partial charge in [0.1, 0.15) is 22.8 Å². The average Bonchev–Trinajstić information content (AvgIpc) is 3.20. The molecule has 55 heavy (non-hydrogen) atoms. The fraction of sp³-hybridized carbons (Fsp3) is 0.171. The molecule has 14 nitrogen and oxygen atoms in total. The van der Waals surface area contributed by atoms with Crippen LogP contribution in [0.5, 0.6) is 0 Å². The van der Waals surface area contributed by atoms with E-state index >= 15 is 0 Å². The number of rotatable bonds is 10. The summed E-state index contributed by atoms with van der Waals surface area (Å²) in [7, 11) is 0. The van der Waals surface area contributed by atoms with Crippen LogP contribution in [0.2, 0.25) is 0 Å². The van der Waals surface area contributed by atoms with Crippen LogP contribution < -0.4 is 21.8 Å². The number of carbonyl (C=O) groups excluding carboxylic acids is 2. The number of benzene rings is 1. The molecule has 0 unspecified atom stereocenters. The maximum atomic E-state index is 13.1. The van der Waals surface area contributed by atoms with Gasteiger partial charge in [0, 0.05) is 72.2 Å². The molecule has 0 saturated carbocycles. The molecular weight excluding hydrogens is 697 g/mol. The van der Waals surface area contributed by atoms with Crippen molar-refractivity contribution >= 4 is 45.1 Å². The molecule has 0 aliphatic heterocycles. The van der Waals surface area contributed by atoms with E-state index in [1.54, 1.807) is 73.8 Å². The van der Waals surface area contributed by atoms with Crippen LogP contribution in [0.1, 0.15) is 54.0 Å². The number of hydrogen-bond donors (Lipinski definition) is 2. The Bertz CT molecular complexity index is 2640. The van der Waals surface area contributed by atoms with Crippen molar-refractivity contribution in [2.24, 2.45) is 0 Å². The Labute approximate surface area is 316 Å². The first-order valence-corrected chi connectivity index (χ1v) is 17.5. The molecule has 0 fully saturated rings. The first-order chi connectivity index (χ1) is 26.6. The lowest BCUT2D eigenvalue weighted by Gasteiger charge is -2.16. The number of Topliss-reactive ketones (excluding diaryl/α,β-unsaturated/α-hetero) is 2. The third-order valence-electron chi connectivity index (χ3n) is 8.75. The molecule has 0 radical (unpaired) electrons. The van der Waals surface area contributed by atoms with E-state index in [9.17, 15) is 19.2 Å². The molecule has 1 aromatic carbocycles. The van der Waals surface area contributed by atoms with Gasteiger partial charge in [-0.25, -0.2) is 9.36 Å². The fourth-order valence-electron chi connectivity index (χ4n) is 5.99. The highest BCUT2D eigenvalue weighted by Gasteiger charge is 2.24. The summed E-state index contributed by atoms with van der Waals surface area (Å²) in [6, 6.07) is 16.6. The van der Waals surface area contributed by atoms with Crippen LogP contribution in [0.3, 0.4) is 0 Å². The monoisotopic (exact) mass is 734 g/mol. The smallest absolute Gasteiger partial charge is 0.291 e. The summed E-state index contributed by atoms with van der Waals surface area (Å²) in [5.41, 5.74) is 4.76. The summed E-state index contributed by atoms with van der Waals surface area (Å²) in [5.74, 6) is -0.492. The number of aromatic nitrogens is 8. The van der Waals surface area contributed by atoms with E-state index < -0.39 is 0 Å². The van der Waals surface area contributed by atoms with E-state index in [2.05, 4.69) is 40.8 Å². The number of ketones is 2. The van der Waals surface area contributed by atoms with Gasteiger partial charge in [-0.2, -0.15) is 10.2 Å². The number of aryl methyl sites for hydroxylation is 3. The molecule has 0 spiro atoms. The molecule has 0 bridgehead atoms. The Morgan fingerprint density at radius 3 is 1.56 bits per heavy atom. The average molecular weight is 735 g/mol. The molecule has 7 rings (SSSR count). The molecule has 0 aliphatic carbocycles. The van der Waals surface area contributed by atoms with Crippen molar-refractivity contribution in [3.63, 3.8) is 0 Å². The lowest BCUT2D eigenvalue weighted by atomic mass is 10.0. The van der Waals surface area contributed by atoms with Gasteiger partial charge in [0.25, 0.3) is 11.1 Å². The van der Waals surface area contributed by atoms with Gasteiger partial charge in [-0.1, -0.05) is 24.3 Å². The van der Waals surface area contributed by atoms with Gasteiger partial charge in [0.05, 0.1) is 34.9 Å². The molecule has 6 aromatic heterocycles. The minimum absolute atomic E-state index is 0.194. The standard InChI is InChI=1S/C22H19N5O2.C19H19N5O2/c1-3-27-22(29)21(25-18-13-24-12-16-6-4-5-7-17(16)18)19(14(2)28)20(26-27)15-8-10-23-11-9-15;1-4-24-19(26)18(22-15-11-21-8-5-12(15)2)16(13(3)25)17(23-24)14-6-9-20-10-7-14/h4-13,25H,3H2,1-2H3;5-11,22H,4H2,1-3H3. The Hall–Kier alpha value is -7.22. The normalized spacial score (nSPS) is 10.7. The number of hydrogen-bond acceptors (Lipinski definition) is 12. The lowest BCUT2D eigenvalue weighted by Crippen LogP contribution is -2.28. The Balaban J connectivity index is 0.000000188.